The highest BCUT2D eigenvalue weighted by atomic mass is 16.5. The molecule has 4 N–H and O–H groups in total. The number of carboxylic acid groups (broad SMARTS) is 1. The Kier molecular flexibility index (Phi) is 6.39. The van der Waals surface area contributed by atoms with Crippen molar-refractivity contribution in [2.45, 2.75) is 19.1 Å². The normalized spacial score (nSPS) is 14.1. The van der Waals surface area contributed by atoms with Crippen LogP contribution in [0.25, 0.3) is 0 Å². The van der Waals surface area contributed by atoms with E-state index in [0.29, 0.717) is 0 Å². The van der Waals surface area contributed by atoms with Crippen molar-refractivity contribution >= 4 is 12.0 Å². The maximum absolute atomic E-state index is 11.1. The van der Waals surface area contributed by atoms with E-state index >= 15 is 0 Å². The zero-order chi connectivity index (χ0) is 11.8. The molecule has 0 aliphatic rings. The third-order valence-electron chi connectivity index (χ3n) is 1.74. The predicted octanol–water partition coefficient (Wildman–Crippen LogP) is -1.23. The first-order valence-corrected chi connectivity index (χ1v) is 4.42. The summed E-state index contributed by atoms with van der Waals surface area (Å²) in [4.78, 5) is 21.5. The molecule has 7 nitrogen and oxygen atoms in total. The third kappa shape index (κ3) is 5.87. The number of amides is 2. The molecule has 2 amide bonds. The molecule has 15 heavy (non-hydrogen) atoms. The van der Waals surface area contributed by atoms with Crippen molar-refractivity contribution in [1.82, 2.24) is 10.6 Å². The van der Waals surface area contributed by atoms with Crippen molar-refractivity contribution in [2.75, 3.05) is 20.3 Å². The van der Waals surface area contributed by atoms with Gasteiger partial charge in [0.15, 0.2) is 6.04 Å². The average Bonchev–Trinajstić information content (AvgIpc) is 2.21. The van der Waals surface area contributed by atoms with Gasteiger partial charge in [0.2, 0.25) is 0 Å². The Labute approximate surface area is 87.4 Å². The number of carbonyl (C=O) groups is 2. The molecule has 0 saturated carbocycles. The van der Waals surface area contributed by atoms with Crippen LogP contribution in [0.1, 0.15) is 6.92 Å². The second-order valence-corrected chi connectivity index (χ2v) is 2.97. The lowest BCUT2D eigenvalue weighted by molar-refractivity contribution is -0.140. The number of ether oxygens (including phenoxy) is 1. The number of urea groups is 1. The average molecular weight is 220 g/mol. The molecule has 88 valence electrons. The van der Waals surface area contributed by atoms with Gasteiger partial charge in [0.05, 0.1) is 12.7 Å². The molecule has 0 bridgehead atoms. The summed E-state index contributed by atoms with van der Waals surface area (Å²) >= 11 is 0. The van der Waals surface area contributed by atoms with Crippen LogP contribution in [0.5, 0.6) is 0 Å². The second kappa shape index (κ2) is 7.02. The quantitative estimate of drug-likeness (QED) is 0.448. The molecule has 0 radical (unpaired) electrons. The standard InChI is InChI=1S/C8H16N2O5/c1-5(15-2)3-9-8(14)10-6(4-11)7(12)13/h5-6,11H,3-4H2,1-2H3,(H,12,13)(H2,9,10,14)/t5?,6-/m1/s1. The van der Waals surface area contributed by atoms with Crippen molar-refractivity contribution < 1.29 is 24.5 Å². The van der Waals surface area contributed by atoms with Crippen molar-refractivity contribution in [3.8, 4) is 0 Å². The van der Waals surface area contributed by atoms with Gasteiger partial charge in [0, 0.05) is 13.7 Å². The van der Waals surface area contributed by atoms with Gasteiger partial charge in [-0.2, -0.15) is 0 Å². The molecule has 0 aliphatic carbocycles. The topological polar surface area (TPSA) is 108 Å². The molecule has 0 fully saturated rings. The van der Waals surface area contributed by atoms with Crippen LogP contribution < -0.4 is 10.6 Å². The molecule has 7 heteroatoms. The lowest BCUT2D eigenvalue weighted by Crippen LogP contribution is -2.49. The number of nitrogens with one attached hydrogen (secondary N) is 2. The SMILES string of the molecule is COC(C)CNC(=O)N[C@H](CO)C(=O)O. The van der Waals surface area contributed by atoms with Crippen LogP contribution in [0.2, 0.25) is 0 Å². The number of hydrogen-bond donors (Lipinski definition) is 4. The highest BCUT2D eigenvalue weighted by molar-refractivity contribution is 5.82. The van der Waals surface area contributed by atoms with Crippen molar-refractivity contribution in [3.05, 3.63) is 0 Å². The van der Waals surface area contributed by atoms with E-state index in [1.807, 2.05) is 0 Å². The van der Waals surface area contributed by atoms with Crippen LogP contribution in [-0.2, 0) is 9.53 Å². The van der Waals surface area contributed by atoms with Crippen LogP contribution in [0.3, 0.4) is 0 Å². The summed E-state index contributed by atoms with van der Waals surface area (Å²) in [5.74, 6) is -1.28. The van der Waals surface area contributed by atoms with Gasteiger partial charge in [-0.15, -0.1) is 0 Å². The van der Waals surface area contributed by atoms with Gasteiger partial charge >= 0.3 is 12.0 Å². The highest BCUT2D eigenvalue weighted by Gasteiger charge is 2.18. The first-order chi connectivity index (χ1) is 7.01. The maximum atomic E-state index is 11.1. The van der Waals surface area contributed by atoms with E-state index in [1.165, 1.54) is 7.11 Å². The number of methoxy groups -OCH3 is 1. The van der Waals surface area contributed by atoms with Crippen molar-refractivity contribution in [3.63, 3.8) is 0 Å². The van der Waals surface area contributed by atoms with Gasteiger partial charge in [0.1, 0.15) is 0 Å². The molecule has 0 aromatic carbocycles. The van der Waals surface area contributed by atoms with E-state index in [1.54, 1.807) is 6.92 Å². The van der Waals surface area contributed by atoms with E-state index in [-0.39, 0.29) is 12.6 Å². The zero-order valence-electron chi connectivity index (χ0n) is 8.69. The Bertz CT molecular complexity index is 221. The number of carbonyl (C=O) groups excluding carboxylic acids is 1. The number of rotatable bonds is 6. The second-order valence-electron chi connectivity index (χ2n) is 2.97. The fourth-order valence-electron chi connectivity index (χ4n) is 0.715. The van der Waals surface area contributed by atoms with Gasteiger partial charge < -0.3 is 25.6 Å². The lowest BCUT2D eigenvalue weighted by Gasteiger charge is -2.14. The number of aliphatic hydroxyl groups is 1. The minimum absolute atomic E-state index is 0.159. The Hall–Kier alpha value is -1.34. The van der Waals surface area contributed by atoms with E-state index in [9.17, 15) is 9.59 Å². The largest absolute Gasteiger partial charge is 0.480 e. The molecule has 0 rings (SSSR count). The summed E-state index contributed by atoms with van der Waals surface area (Å²) in [7, 11) is 1.50. The Morgan fingerprint density at radius 3 is 2.47 bits per heavy atom. The molecule has 0 spiro atoms. The van der Waals surface area contributed by atoms with Gasteiger partial charge in [-0.05, 0) is 6.92 Å². The molecular weight excluding hydrogens is 204 g/mol. The van der Waals surface area contributed by atoms with E-state index < -0.39 is 24.6 Å². The number of aliphatic carboxylic acids is 1. The highest BCUT2D eigenvalue weighted by Crippen LogP contribution is 1.85. The van der Waals surface area contributed by atoms with E-state index in [0.717, 1.165) is 0 Å². The first-order valence-electron chi connectivity index (χ1n) is 4.42. The Morgan fingerprint density at radius 2 is 2.07 bits per heavy atom. The third-order valence-corrected chi connectivity index (χ3v) is 1.74. The van der Waals surface area contributed by atoms with Crippen LogP contribution in [0.15, 0.2) is 0 Å². The Morgan fingerprint density at radius 1 is 1.47 bits per heavy atom. The summed E-state index contributed by atoms with van der Waals surface area (Å²) in [6.45, 7) is 1.36. The van der Waals surface area contributed by atoms with E-state index in [2.05, 4.69) is 10.6 Å². The van der Waals surface area contributed by atoms with Gasteiger partial charge in [-0.25, -0.2) is 9.59 Å². The molecule has 0 aromatic rings. The minimum Gasteiger partial charge on any atom is -0.480 e. The smallest absolute Gasteiger partial charge is 0.328 e. The van der Waals surface area contributed by atoms with Crippen molar-refractivity contribution in [1.29, 1.82) is 0 Å². The first kappa shape index (κ1) is 13.7. The minimum atomic E-state index is -1.29. The molecule has 0 saturated heterocycles. The fraction of sp³-hybridized carbons (Fsp3) is 0.750. The monoisotopic (exact) mass is 220 g/mol. The zero-order valence-corrected chi connectivity index (χ0v) is 8.69. The molecule has 0 heterocycles. The predicted molar refractivity (Wildman–Crippen MR) is 51.5 cm³/mol. The summed E-state index contributed by atoms with van der Waals surface area (Å²) in [6.07, 6.45) is -0.159. The number of carboxylic acids is 1. The van der Waals surface area contributed by atoms with Crippen LogP contribution in [-0.4, -0.2) is 54.6 Å². The fourth-order valence-corrected chi connectivity index (χ4v) is 0.715. The van der Waals surface area contributed by atoms with Crippen LogP contribution in [0.4, 0.5) is 4.79 Å². The molecular formula is C8H16N2O5. The van der Waals surface area contributed by atoms with Gasteiger partial charge in [-0.1, -0.05) is 0 Å². The van der Waals surface area contributed by atoms with Crippen LogP contribution >= 0.6 is 0 Å². The Balaban J connectivity index is 3.86. The van der Waals surface area contributed by atoms with Crippen LogP contribution in [0, 0.1) is 0 Å². The summed E-state index contributed by atoms with van der Waals surface area (Å²) in [5.41, 5.74) is 0. The molecule has 1 unspecified atom stereocenters. The number of hydrogen-bond acceptors (Lipinski definition) is 4. The summed E-state index contributed by atoms with van der Waals surface area (Å²) in [6, 6.07) is -1.94. The van der Waals surface area contributed by atoms with Gasteiger partial charge in [0.25, 0.3) is 0 Å². The maximum Gasteiger partial charge on any atom is 0.328 e. The number of aliphatic hydroxyl groups excluding tert-OH is 1. The van der Waals surface area contributed by atoms with Crippen molar-refractivity contribution in [2.24, 2.45) is 0 Å². The molecule has 2 atom stereocenters. The summed E-state index contributed by atoms with van der Waals surface area (Å²) in [5, 5.41) is 21.6. The molecule has 0 aliphatic heterocycles. The van der Waals surface area contributed by atoms with Gasteiger partial charge in [-0.3, -0.25) is 0 Å². The molecule has 0 aromatic heterocycles. The lowest BCUT2D eigenvalue weighted by atomic mass is 10.3. The van der Waals surface area contributed by atoms with E-state index in [4.69, 9.17) is 14.9 Å². The summed E-state index contributed by atoms with van der Waals surface area (Å²) < 4.78 is 4.87.